The quantitative estimate of drug-likeness (QED) is 0.638. The molecule has 1 aliphatic heterocycles. The summed E-state index contributed by atoms with van der Waals surface area (Å²) >= 11 is 11.6. The zero-order valence-electron chi connectivity index (χ0n) is 9.52. The third kappa shape index (κ3) is 2.35. The second-order valence-corrected chi connectivity index (χ2v) is 5.45. The van der Waals surface area contributed by atoms with Crippen LogP contribution in [0.4, 0.5) is 4.39 Å². The van der Waals surface area contributed by atoms with Gasteiger partial charge in [-0.3, -0.25) is 14.9 Å². The molecule has 3 nitrogen and oxygen atoms in total. The first-order chi connectivity index (χ1) is 8.32. The molecule has 0 spiro atoms. The maximum atomic E-state index is 13.5. The molecular weight excluding hydrogens is 280 g/mol. The van der Waals surface area contributed by atoms with Crippen molar-refractivity contribution in [1.82, 2.24) is 5.32 Å². The van der Waals surface area contributed by atoms with Crippen molar-refractivity contribution in [2.75, 3.05) is 0 Å². The molecule has 0 bridgehead atoms. The van der Waals surface area contributed by atoms with E-state index in [1.807, 2.05) is 0 Å². The van der Waals surface area contributed by atoms with E-state index in [0.717, 1.165) is 0 Å². The summed E-state index contributed by atoms with van der Waals surface area (Å²) < 4.78 is 13.5. The lowest BCUT2D eigenvalue weighted by molar-refractivity contribution is -0.135. The van der Waals surface area contributed by atoms with Crippen molar-refractivity contribution in [2.45, 2.75) is 25.2 Å². The molecule has 96 valence electrons. The van der Waals surface area contributed by atoms with E-state index in [1.165, 1.54) is 12.1 Å². The van der Waals surface area contributed by atoms with Gasteiger partial charge in [0.2, 0.25) is 11.8 Å². The number of halogens is 3. The molecule has 18 heavy (non-hydrogen) atoms. The van der Waals surface area contributed by atoms with Crippen LogP contribution >= 0.6 is 23.2 Å². The van der Waals surface area contributed by atoms with E-state index < -0.39 is 11.2 Å². The number of amides is 2. The molecule has 2 rings (SSSR count). The van der Waals surface area contributed by atoms with Gasteiger partial charge in [-0.2, -0.15) is 0 Å². The Labute approximate surface area is 113 Å². The maximum absolute atomic E-state index is 13.5. The highest BCUT2D eigenvalue weighted by Gasteiger charge is 2.38. The van der Waals surface area contributed by atoms with Crippen molar-refractivity contribution in [3.05, 3.63) is 33.6 Å². The minimum Gasteiger partial charge on any atom is -0.296 e. The van der Waals surface area contributed by atoms with Crippen LogP contribution in [0, 0.1) is 5.82 Å². The lowest BCUT2D eigenvalue weighted by Gasteiger charge is -2.33. The van der Waals surface area contributed by atoms with Crippen molar-refractivity contribution >= 4 is 35.0 Å². The number of carbonyl (C=O) groups excluding carboxylic acids is 2. The summed E-state index contributed by atoms with van der Waals surface area (Å²) in [5, 5.41) is 2.38. The van der Waals surface area contributed by atoms with Gasteiger partial charge in [0.25, 0.3) is 0 Å². The van der Waals surface area contributed by atoms with Crippen LogP contribution in [-0.4, -0.2) is 11.8 Å². The third-order valence-corrected chi connectivity index (χ3v) is 3.64. The van der Waals surface area contributed by atoms with Gasteiger partial charge in [-0.05, 0) is 17.7 Å². The molecule has 0 unspecified atom stereocenters. The molecule has 0 radical (unpaired) electrons. The van der Waals surface area contributed by atoms with Gasteiger partial charge in [-0.25, -0.2) is 4.39 Å². The molecule has 6 heteroatoms. The standard InChI is InChI=1S/C12H10Cl2FNO2/c1-12(4-10(17)16-11(18)5-12)6-2-9(15)8(14)3-7(6)13/h2-3H,4-5H2,1H3,(H,16,17,18). The molecule has 1 aromatic carbocycles. The fourth-order valence-corrected chi connectivity index (χ4v) is 2.80. The van der Waals surface area contributed by atoms with E-state index in [4.69, 9.17) is 23.2 Å². The fraction of sp³-hybridized carbons (Fsp3) is 0.333. The fourth-order valence-electron chi connectivity index (χ4n) is 2.19. The Morgan fingerprint density at radius 3 is 2.28 bits per heavy atom. The van der Waals surface area contributed by atoms with Crippen LogP contribution in [0.5, 0.6) is 0 Å². The number of carbonyl (C=O) groups is 2. The number of nitrogens with one attached hydrogen (secondary N) is 1. The molecule has 1 fully saturated rings. The van der Waals surface area contributed by atoms with Gasteiger partial charge in [0, 0.05) is 23.3 Å². The van der Waals surface area contributed by atoms with Gasteiger partial charge in [-0.15, -0.1) is 0 Å². The van der Waals surface area contributed by atoms with Crippen LogP contribution in [0.15, 0.2) is 12.1 Å². The van der Waals surface area contributed by atoms with Crippen molar-refractivity contribution in [3.63, 3.8) is 0 Å². The number of piperidine rings is 1. The number of hydrogen-bond acceptors (Lipinski definition) is 2. The lowest BCUT2D eigenvalue weighted by Crippen LogP contribution is -2.45. The van der Waals surface area contributed by atoms with E-state index in [1.54, 1.807) is 6.92 Å². The Balaban J connectivity index is 2.50. The van der Waals surface area contributed by atoms with Crippen LogP contribution in [-0.2, 0) is 15.0 Å². The molecule has 1 aliphatic rings. The summed E-state index contributed by atoms with van der Waals surface area (Å²) in [4.78, 5) is 22.9. The molecule has 0 atom stereocenters. The Morgan fingerprint density at radius 1 is 1.17 bits per heavy atom. The van der Waals surface area contributed by atoms with Gasteiger partial charge in [0.15, 0.2) is 0 Å². The minimum absolute atomic E-state index is 0.0829. The monoisotopic (exact) mass is 289 g/mol. The summed E-state index contributed by atoms with van der Waals surface area (Å²) in [6, 6.07) is 2.48. The summed E-state index contributed by atoms with van der Waals surface area (Å²) in [5.41, 5.74) is -0.378. The Hall–Kier alpha value is -1.13. The first-order valence-electron chi connectivity index (χ1n) is 5.29. The lowest BCUT2D eigenvalue weighted by atomic mass is 9.74. The van der Waals surface area contributed by atoms with Crippen LogP contribution in [0.3, 0.4) is 0 Å². The first kappa shape index (κ1) is 13.3. The second-order valence-electron chi connectivity index (χ2n) is 4.63. The van der Waals surface area contributed by atoms with Crippen molar-refractivity contribution in [2.24, 2.45) is 0 Å². The Morgan fingerprint density at radius 2 is 1.72 bits per heavy atom. The molecule has 0 saturated carbocycles. The van der Waals surface area contributed by atoms with Crippen molar-refractivity contribution in [3.8, 4) is 0 Å². The smallest absolute Gasteiger partial charge is 0.227 e. The summed E-state index contributed by atoms with van der Waals surface area (Å²) in [5.74, 6) is -1.39. The zero-order chi connectivity index (χ0) is 13.5. The number of hydrogen-bond donors (Lipinski definition) is 1. The second kappa shape index (κ2) is 4.52. The van der Waals surface area contributed by atoms with E-state index >= 15 is 0 Å². The maximum Gasteiger partial charge on any atom is 0.227 e. The molecule has 2 amide bonds. The summed E-state index contributed by atoms with van der Waals surface area (Å²) in [7, 11) is 0. The molecule has 0 aliphatic carbocycles. The molecule has 1 saturated heterocycles. The molecule has 1 aromatic rings. The van der Waals surface area contributed by atoms with E-state index in [-0.39, 0.29) is 34.7 Å². The van der Waals surface area contributed by atoms with Crippen LogP contribution in [0.2, 0.25) is 10.0 Å². The topological polar surface area (TPSA) is 46.2 Å². The average Bonchev–Trinajstić information content (AvgIpc) is 2.21. The predicted octanol–water partition coefficient (Wildman–Crippen LogP) is 2.83. The van der Waals surface area contributed by atoms with Crippen molar-refractivity contribution < 1.29 is 14.0 Å². The van der Waals surface area contributed by atoms with Crippen molar-refractivity contribution in [1.29, 1.82) is 0 Å². The highest BCUT2D eigenvalue weighted by atomic mass is 35.5. The highest BCUT2D eigenvalue weighted by Crippen LogP contribution is 2.39. The average molecular weight is 290 g/mol. The normalized spacial score (nSPS) is 18.7. The molecule has 1 heterocycles. The largest absolute Gasteiger partial charge is 0.296 e. The first-order valence-corrected chi connectivity index (χ1v) is 6.05. The van der Waals surface area contributed by atoms with Crippen LogP contribution in [0.25, 0.3) is 0 Å². The number of benzene rings is 1. The summed E-state index contributed by atoms with van der Waals surface area (Å²) in [6.07, 6.45) is 0.166. The minimum atomic E-state index is -0.804. The highest BCUT2D eigenvalue weighted by molar-refractivity contribution is 6.35. The van der Waals surface area contributed by atoms with Gasteiger partial charge < -0.3 is 0 Å². The third-order valence-electron chi connectivity index (χ3n) is 3.04. The summed E-state index contributed by atoms with van der Waals surface area (Å²) in [6.45, 7) is 1.71. The Bertz CT molecular complexity index is 529. The van der Waals surface area contributed by atoms with Crippen LogP contribution in [0.1, 0.15) is 25.3 Å². The number of imide groups is 1. The number of rotatable bonds is 1. The zero-order valence-corrected chi connectivity index (χ0v) is 11.0. The Kier molecular flexibility index (Phi) is 3.34. The van der Waals surface area contributed by atoms with Gasteiger partial charge in [0.05, 0.1) is 5.02 Å². The predicted molar refractivity (Wildman–Crippen MR) is 66.2 cm³/mol. The molecule has 1 N–H and O–H groups in total. The van der Waals surface area contributed by atoms with Crippen LogP contribution < -0.4 is 5.32 Å². The molecule has 0 aromatic heterocycles. The van der Waals surface area contributed by atoms with Gasteiger partial charge >= 0.3 is 0 Å². The molecular formula is C12H10Cl2FNO2. The van der Waals surface area contributed by atoms with Gasteiger partial charge in [-0.1, -0.05) is 30.1 Å². The van der Waals surface area contributed by atoms with E-state index in [0.29, 0.717) is 5.56 Å². The van der Waals surface area contributed by atoms with E-state index in [9.17, 15) is 14.0 Å². The van der Waals surface area contributed by atoms with E-state index in [2.05, 4.69) is 5.32 Å². The van der Waals surface area contributed by atoms with Gasteiger partial charge in [0.1, 0.15) is 5.82 Å². The SMILES string of the molecule is CC1(c2cc(F)c(Cl)cc2Cl)CC(=O)NC(=O)C1.